The van der Waals surface area contributed by atoms with E-state index in [9.17, 15) is 13.6 Å². The molecule has 0 fully saturated rings. The summed E-state index contributed by atoms with van der Waals surface area (Å²) in [6.07, 6.45) is 0.426. The smallest absolute Gasteiger partial charge is 0.387 e. The van der Waals surface area contributed by atoms with Crippen molar-refractivity contribution in [2.45, 2.75) is 20.0 Å². The van der Waals surface area contributed by atoms with Gasteiger partial charge in [0.2, 0.25) is 0 Å². The van der Waals surface area contributed by atoms with Gasteiger partial charge in [-0.1, -0.05) is 13.0 Å². The van der Waals surface area contributed by atoms with Crippen molar-refractivity contribution in [2.75, 3.05) is 7.11 Å². The molecule has 96 valence electrons. The summed E-state index contributed by atoms with van der Waals surface area (Å²) in [6, 6.07) is 4.56. The molecule has 0 aliphatic rings. The molecular formula is C12H11F2NO3. The van der Waals surface area contributed by atoms with E-state index in [1.807, 2.05) is 0 Å². The second kappa shape index (κ2) is 5.96. The maximum Gasteiger partial charge on any atom is 0.387 e. The van der Waals surface area contributed by atoms with Gasteiger partial charge >= 0.3 is 12.6 Å². The Morgan fingerprint density at radius 2 is 2.17 bits per heavy atom. The van der Waals surface area contributed by atoms with Crippen molar-refractivity contribution in [1.29, 1.82) is 5.26 Å². The number of hydrogen-bond acceptors (Lipinski definition) is 4. The lowest BCUT2D eigenvalue weighted by Crippen LogP contribution is -2.13. The van der Waals surface area contributed by atoms with Crippen LogP contribution in [-0.4, -0.2) is 19.7 Å². The summed E-state index contributed by atoms with van der Waals surface area (Å²) in [5.41, 5.74) is 0.226. The van der Waals surface area contributed by atoms with E-state index in [-0.39, 0.29) is 11.1 Å². The Morgan fingerprint density at radius 1 is 1.50 bits per heavy atom. The molecule has 0 aliphatic carbocycles. The summed E-state index contributed by atoms with van der Waals surface area (Å²) in [5, 5.41) is 8.85. The molecule has 0 spiro atoms. The Labute approximate surface area is 103 Å². The minimum atomic E-state index is -3.12. The molecule has 6 heteroatoms. The second-order valence-corrected chi connectivity index (χ2v) is 3.31. The van der Waals surface area contributed by atoms with Gasteiger partial charge in [-0.25, -0.2) is 4.79 Å². The summed E-state index contributed by atoms with van der Waals surface area (Å²) < 4.78 is 33.5. The molecule has 1 aromatic rings. The molecule has 0 heterocycles. The van der Waals surface area contributed by atoms with Gasteiger partial charge in [-0.15, -0.1) is 0 Å². The third kappa shape index (κ3) is 2.74. The zero-order valence-electron chi connectivity index (χ0n) is 9.87. The first kappa shape index (κ1) is 13.9. The number of halogens is 2. The average Bonchev–Trinajstić information content (AvgIpc) is 2.36. The first-order valence-corrected chi connectivity index (χ1v) is 5.14. The highest BCUT2D eigenvalue weighted by molar-refractivity contribution is 5.95. The predicted octanol–water partition coefficient (Wildman–Crippen LogP) is 2.51. The number of methoxy groups -OCH3 is 1. The van der Waals surface area contributed by atoms with Gasteiger partial charge in [0.15, 0.2) is 5.75 Å². The van der Waals surface area contributed by atoms with Crippen molar-refractivity contribution in [2.24, 2.45) is 0 Å². The van der Waals surface area contributed by atoms with Crippen LogP contribution < -0.4 is 4.74 Å². The SMILES string of the molecule is CCc1ccc(C#N)c(OC(F)F)c1C(=O)OC. The summed E-state index contributed by atoms with van der Waals surface area (Å²) in [7, 11) is 1.13. The van der Waals surface area contributed by atoms with Crippen molar-refractivity contribution < 1.29 is 23.0 Å². The van der Waals surface area contributed by atoms with Crippen molar-refractivity contribution in [1.82, 2.24) is 0 Å². The fourth-order valence-electron chi connectivity index (χ4n) is 1.54. The van der Waals surface area contributed by atoms with E-state index < -0.39 is 18.3 Å². The maximum absolute atomic E-state index is 12.3. The predicted molar refractivity (Wildman–Crippen MR) is 58.5 cm³/mol. The van der Waals surface area contributed by atoms with Crippen LogP contribution in [-0.2, 0) is 11.2 Å². The van der Waals surface area contributed by atoms with Crippen LogP contribution in [0.5, 0.6) is 5.75 Å². The number of rotatable bonds is 4. The van der Waals surface area contributed by atoms with Crippen molar-refractivity contribution >= 4 is 5.97 Å². The molecule has 0 aromatic heterocycles. The molecule has 0 saturated carbocycles. The Kier molecular flexibility index (Phi) is 4.60. The van der Waals surface area contributed by atoms with E-state index in [4.69, 9.17) is 5.26 Å². The topological polar surface area (TPSA) is 59.3 Å². The molecular weight excluding hydrogens is 244 g/mol. The standard InChI is InChI=1S/C12H11F2NO3/c1-3-7-4-5-8(6-15)10(18-12(13)14)9(7)11(16)17-2/h4-5,12H,3H2,1-2H3. The number of esters is 1. The van der Waals surface area contributed by atoms with E-state index in [2.05, 4.69) is 9.47 Å². The number of ether oxygens (including phenoxy) is 2. The molecule has 1 rings (SSSR count). The molecule has 1 aromatic carbocycles. The minimum Gasteiger partial charge on any atom is -0.465 e. The normalized spacial score (nSPS) is 10.0. The summed E-state index contributed by atoms with van der Waals surface area (Å²) in [6.45, 7) is -1.37. The number of hydrogen-bond donors (Lipinski definition) is 0. The first-order valence-electron chi connectivity index (χ1n) is 5.14. The van der Waals surface area contributed by atoms with Gasteiger partial charge in [0, 0.05) is 0 Å². The monoisotopic (exact) mass is 255 g/mol. The number of aryl methyl sites for hydroxylation is 1. The zero-order valence-corrected chi connectivity index (χ0v) is 9.87. The van der Waals surface area contributed by atoms with Gasteiger partial charge in [0.25, 0.3) is 0 Å². The summed E-state index contributed by atoms with van der Waals surface area (Å²) >= 11 is 0. The highest BCUT2D eigenvalue weighted by Gasteiger charge is 2.23. The van der Waals surface area contributed by atoms with E-state index in [0.717, 1.165) is 7.11 Å². The summed E-state index contributed by atoms with van der Waals surface area (Å²) in [4.78, 5) is 11.6. The van der Waals surface area contributed by atoms with E-state index in [1.54, 1.807) is 13.0 Å². The molecule has 4 nitrogen and oxygen atoms in total. The van der Waals surface area contributed by atoms with Crippen LogP contribution in [0.3, 0.4) is 0 Å². The van der Waals surface area contributed by atoms with Crippen LogP contribution >= 0.6 is 0 Å². The van der Waals surface area contributed by atoms with E-state index >= 15 is 0 Å². The van der Waals surface area contributed by atoms with Crippen molar-refractivity contribution in [3.05, 3.63) is 28.8 Å². The molecule has 0 bridgehead atoms. The van der Waals surface area contributed by atoms with Crippen LogP contribution in [0.4, 0.5) is 8.78 Å². The maximum atomic E-state index is 12.3. The largest absolute Gasteiger partial charge is 0.465 e. The van der Waals surface area contributed by atoms with Gasteiger partial charge in [-0.2, -0.15) is 14.0 Å². The van der Waals surface area contributed by atoms with Crippen molar-refractivity contribution in [3.8, 4) is 11.8 Å². The van der Waals surface area contributed by atoms with Crippen LogP contribution in [0.15, 0.2) is 12.1 Å². The van der Waals surface area contributed by atoms with Gasteiger partial charge < -0.3 is 9.47 Å². The zero-order chi connectivity index (χ0) is 13.7. The number of carbonyl (C=O) groups excluding carboxylic acids is 1. The molecule has 0 N–H and O–H groups in total. The summed E-state index contributed by atoms with van der Waals surface area (Å²) in [5.74, 6) is -1.24. The minimum absolute atomic E-state index is 0.126. The fraction of sp³-hybridized carbons (Fsp3) is 0.333. The number of nitrogens with zero attached hydrogens (tertiary/aromatic N) is 1. The van der Waals surface area contributed by atoms with Gasteiger partial charge in [0.1, 0.15) is 11.6 Å². The Hall–Kier alpha value is -2.16. The molecule has 0 unspecified atom stereocenters. The average molecular weight is 255 g/mol. The highest BCUT2D eigenvalue weighted by Crippen LogP contribution is 2.29. The molecule has 0 radical (unpaired) electrons. The Balaban J connectivity index is 3.48. The molecule has 0 atom stereocenters. The Morgan fingerprint density at radius 3 is 2.61 bits per heavy atom. The lowest BCUT2D eigenvalue weighted by Gasteiger charge is -2.14. The molecule has 0 amide bonds. The Bertz CT molecular complexity index is 495. The first-order chi connectivity index (χ1) is 8.54. The van der Waals surface area contributed by atoms with Crippen LogP contribution in [0.2, 0.25) is 0 Å². The molecule has 18 heavy (non-hydrogen) atoms. The molecule has 0 saturated heterocycles. The van der Waals surface area contributed by atoms with Crippen LogP contribution in [0, 0.1) is 11.3 Å². The fourth-order valence-corrected chi connectivity index (χ4v) is 1.54. The van der Waals surface area contributed by atoms with Crippen LogP contribution in [0.1, 0.15) is 28.4 Å². The third-order valence-electron chi connectivity index (χ3n) is 2.34. The van der Waals surface area contributed by atoms with E-state index in [0.29, 0.717) is 12.0 Å². The second-order valence-electron chi connectivity index (χ2n) is 3.31. The highest BCUT2D eigenvalue weighted by atomic mass is 19.3. The van der Waals surface area contributed by atoms with Gasteiger partial charge in [0.05, 0.1) is 12.7 Å². The number of nitriles is 1. The number of alkyl halides is 2. The van der Waals surface area contributed by atoms with Crippen molar-refractivity contribution in [3.63, 3.8) is 0 Å². The third-order valence-corrected chi connectivity index (χ3v) is 2.34. The molecule has 0 aliphatic heterocycles. The van der Waals surface area contributed by atoms with Gasteiger partial charge in [-0.05, 0) is 18.1 Å². The van der Waals surface area contributed by atoms with Crippen LogP contribution in [0.25, 0.3) is 0 Å². The quantitative estimate of drug-likeness (QED) is 0.775. The number of carbonyl (C=O) groups is 1. The lowest BCUT2D eigenvalue weighted by molar-refractivity contribution is -0.0506. The number of benzene rings is 1. The van der Waals surface area contributed by atoms with Gasteiger partial charge in [-0.3, -0.25) is 0 Å². The lowest BCUT2D eigenvalue weighted by atomic mass is 10.0. The van der Waals surface area contributed by atoms with E-state index in [1.165, 1.54) is 12.1 Å².